The van der Waals surface area contributed by atoms with Crippen LogP contribution in [-0.2, 0) is 18.3 Å². The fourth-order valence-corrected chi connectivity index (χ4v) is 1.98. The van der Waals surface area contributed by atoms with Gasteiger partial charge in [0.2, 0.25) is 6.33 Å². The van der Waals surface area contributed by atoms with Crippen molar-refractivity contribution in [3.05, 3.63) is 30.1 Å². The molecule has 0 aliphatic carbocycles. The fraction of sp³-hybridized carbons (Fsp3) is 0.462. The number of nitrogens with zero attached hydrogens (tertiary/aromatic N) is 2. The van der Waals surface area contributed by atoms with Crippen LogP contribution in [0.15, 0.2) is 24.5 Å². The topological polar surface area (TPSA) is 18.0 Å². The molecule has 1 heterocycles. The normalized spacial score (nSPS) is 10.5. The first kappa shape index (κ1) is 14.4. The summed E-state index contributed by atoms with van der Waals surface area (Å²) in [5.41, 5.74) is 3.84. The van der Waals surface area contributed by atoms with Gasteiger partial charge in [-0.05, 0) is 31.5 Å². The smallest absolute Gasteiger partial charge is 0.244 e. The van der Waals surface area contributed by atoms with Crippen LogP contribution in [0.25, 0.3) is 11.0 Å². The van der Waals surface area contributed by atoms with Gasteiger partial charge in [0.25, 0.3) is 0 Å². The van der Waals surface area contributed by atoms with Gasteiger partial charge in [0.15, 0.2) is 11.0 Å². The highest BCUT2D eigenvalue weighted by Gasteiger charge is 2.12. The highest BCUT2D eigenvalue weighted by molar-refractivity contribution is 5.72. The number of imidazole rings is 1. The van der Waals surface area contributed by atoms with Crippen LogP contribution in [0, 0.1) is 6.92 Å². The van der Waals surface area contributed by atoms with Gasteiger partial charge in [-0.15, -0.1) is 0 Å². The van der Waals surface area contributed by atoms with E-state index in [-0.39, 0.29) is 24.0 Å². The van der Waals surface area contributed by atoms with Crippen molar-refractivity contribution in [2.75, 3.05) is 13.2 Å². The van der Waals surface area contributed by atoms with Crippen LogP contribution in [0.2, 0.25) is 0 Å². The molecule has 2 aromatic rings. The van der Waals surface area contributed by atoms with Crippen LogP contribution in [0.3, 0.4) is 0 Å². The molecule has 0 aliphatic heterocycles. The van der Waals surface area contributed by atoms with E-state index < -0.39 is 0 Å². The number of rotatable bonds is 4. The molecule has 0 atom stereocenters. The van der Waals surface area contributed by atoms with Crippen molar-refractivity contribution in [3.63, 3.8) is 0 Å². The molecule has 0 saturated heterocycles. The Morgan fingerprint density at radius 2 is 2.12 bits per heavy atom. The van der Waals surface area contributed by atoms with E-state index in [9.17, 15) is 0 Å². The van der Waals surface area contributed by atoms with Gasteiger partial charge in [0.1, 0.15) is 6.54 Å². The zero-order valence-corrected chi connectivity index (χ0v) is 12.8. The lowest BCUT2D eigenvalue weighted by Gasteiger charge is -1.98. The maximum absolute atomic E-state index is 5.39. The van der Waals surface area contributed by atoms with Crippen LogP contribution >= 0.6 is 0 Å². The molecular weight excluding hydrogens is 327 g/mol. The Hall–Kier alpha value is -0.620. The Labute approximate surface area is 119 Å². The molecule has 4 heteroatoms. The number of fused-ring (bicyclic) bond motifs is 1. The van der Waals surface area contributed by atoms with Crippen molar-refractivity contribution in [2.45, 2.75) is 20.4 Å². The van der Waals surface area contributed by atoms with E-state index in [1.807, 2.05) is 6.92 Å². The number of aromatic nitrogens is 2. The summed E-state index contributed by atoms with van der Waals surface area (Å²) in [6, 6.07) is 6.54. The molecule has 0 saturated carbocycles. The first-order valence-electron chi connectivity index (χ1n) is 5.75. The van der Waals surface area contributed by atoms with E-state index in [0.29, 0.717) is 0 Å². The molecule has 3 nitrogen and oxygen atoms in total. The summed E-state index contributed by atoms with van der Waals surface area (Å²) in [7, 11) is 2.08. The quantitative estimate of drug-likeness (QED) is 0.387. The predicted octanol–water partition coefficient (Wildman–Crippen LogP) is -1.19. The van der Waals surface area contributed by atoms with Gasteiger partial charge in [-0.3, -0.25) is 0 Å². The fourth-order valence-electron chi connectivity index (χ4n) is 1.98. The predicted molar refractivity (Wildman–Crippen MR) is 64.3 cm³/mol. The van der Waals surface area contributed by atoms with Gasteiger partial charge >= 0.3 is 0 Å². The van der Waals surface area contributed by atoms with Crippen molar-refractivity contribution >= 4 is 11.0 Å². The van der Waals surface area contributed by atoms with Crippen LogP contribution in [-0.4, -0.2) is 17.8 Å². The highest BCUT2D eigenvalue weighted by atomic mass is 127. The van der Waals surface area contributed by atoms with Crippen molar-refractivity contribution in [2.24, 2.45) is 7.05 Å². The summed E-state index contributed by atoms with van der Waals surface area (Å²) >= 11 is 0. The van der Waals surface area contributed by atoms with Gasteiger partial charge in [0, 0.05) is 6.61 Å². The average Bonchev–Trinajstić information content (AvgIpc) is 2.56. The standard InChI is InChI=1S/C13H19N2O.HI/c1-4-16-8-7-15-10-14(3)13-9-11(2)5-6-12(13)15;/h5-6,9-10H,4,7-8H2,1-3H3;1H/q+1;/p-1. The number of ether oxygens (including phenoxy) is 1. The lowest BCUT2D eigenvalue weighted by molar-refractivity contribution is -0.673. The van der Waals surface area contributed by atoms with Crippen LogP contribution in [0.1, 0.15) is 12.5 Å². The van der Waals surface area contributed by atoms with Gasteiger partial charge in [-0.25, -0.2) is 9.13 Å². The Balaban J connectivity index is 0.00000144. The second kappa shape index (κ2) is 6.35. The number of hydrogen-bond donors (Lipinski definition) is 0. The monoisotopic (exact) mass is 346 g/mol. The Morgan fingerprint density at radius 1 is 1.35 bits per heavy atom. The number of halogens is 1. The maximum atomic E-state index is 5.39. The van der Waals surface area contributed by atoms with E-state index in [2.05, 4.69) is 47.6 Å². The number of benzene rings is 1. The van der Waals surface area contributed by atoms with Crippen LogP contribution in [0.5, 0.6) is 0 Å². The zero-order chi connectivity index (χ0) is 11.5. The van der Waals surface area contributed by atoms with Crippen molar-refractivity contribution in [1.29, 1.82) is 0 Å². The first-order valence-corrected chi connectivity index (χ1v) is 5.75. The molecule has 0 N–H and O–H groups in total. The molecule has 94 valence electrons. The molecule has 0 bridgehead atoms. The molecule has 17 heavy (non-hydrogen) atoms. The molecule has 0 aliphatic rings. The molecule has 0 unspecified atom stereocenters. The Morgan fingerprint density at radius 3 is 2.82 bits per heavy atom. The van der Waals surface area contributed by atoms with Crippen molar-refractivity contribution in [1.82, 2.24) is 4.57 Å². The summed E-state index contributed by atoms with van der Waals surface area (Å²) in [5.74, 6) is 0. The van der Waals surface area contributed by atoms with E-state index >= 15 is 0 Å². The molecular formula is C13H19IN2O. The minimum absolute atomic E-state index is 0. The lowest BCUT2D eigenvalue weighted by Crippen LogP contribution is -3.00. The summed E-state index contributed by atoms with van der Waals surface area (Å²) in [4.78, 5) is 0. The van der Waals surface area contributed by atoms with Crippen molar-refractivity contribution in [3.8, 4) is 0 Å². The summed E-state index contributed by atoms with van der Waals surface area (Å²) in [6.45, 7) is 6.61. The third-order valence-electron chi connectivity index (χ3n) is 2.81. The molecule has 1 aromatic heterocycles. The largest absolute Gasteiger partial charge is 1.00 e. The Bertz CT molecular complexity index is 493. The third kappa shape index (κ3) is 3.19. The second-order valence-corrected chi connectivity index (χ2v) is 4.11. The lowest BCUT2D eigenvalue weighted by atomic mass is 10.2. The molecule has 0 amide bonds. The van der Waals surface area contributed by atoms with Crippen LogP contribution in [0.4, 0.5) is 0 Å². The van der Waals surface area contributed by atoms with Gasteiger partial charge in [0.05, 0.1) is 13.7 Å². The summed E-state index contributed by atoms with van der Waals surface area (Å²) in [6.07, 6.45) is 2.13. The van der Waals surface area contributed by atoms with Gasteiger partial charge < -0.3 is 28.7 Å². The van der Waals surface area contributed by atoms with Crippen LogP contribution < -0.4 is 28.5 Å². The molecule has 1 aromatic carbocycles. The molecule has 0 radical (unpaired) electrons. The summed E-state index contributed by atoms with van der Waals surface area (Å²) < 4.78 is 9.79. The van der Waals surface area contributed by atoms with E-state index in [1.54, 1.807) is 0 Å². The second-order valence-electron chi connectivity index (χ2n) is 4.11. The van der Waals surface area contributed by atoms with Gasteiger partial charge in [-0.1, -0.05) is 6.07 Å². The minimum Gasteiger partial charge on any atom is -1.00 e. The summed E-state index contributed by atoms with van der Waals surface area (Å²) in [5, 5.41) is 0. The zero-order valence-electron chi connectivity index (χ0n) is 10.6. The van der Waals surface area contributed by atoms with E-state index in [4.69, 9.17) is 4.74 Å². The van der Waals surface area contributed by atoms with Crippen molar-refractivity contribution < 1.29 is 33.3 Å². The van der Waals surface area contributed by atoms with Gasteiger partial charge in [-0.2, -0.15) is 0 Å². The highest BCUT2D eigenvalue weighted by Crippen LogP contribution is 2.11. The Kier molecular flexibility index (Phi) is 5.39. The molecule has 0 fully saturated rings. The number of aryl methyl sites for hydroxylation is 2. The van der Waals surface area contributed by atoms with E-state index in [1.165, 1.54) is 16.6 Å². The van der Waals surface area contributed by atoms with E-state index in [0.717, 1.165) is 19.8 Å². The molecule has 0 spiro atoms. The number of hydrogen-bond acceptors (Lipinski definition) is 1. The molecule has 2 rings (SSSR count). The minimum atomic E-state index is 0. The maximum Gasteiger partial charge on any atom is 0.244 e. The average molecular weight is 346 g/mol. The third-order valence-corrected chi connectivity index (χ3v) is 2.81. The SMILES string of the molecule is CCOCC[n+]1cn(C)c2cc(C)ccc21.[I-]. The first-order chi connectivity index (χ1) is 7.72.